The van der Waals surface area contributed by atoms with Gasteiger partial charge in [-0.15, -0.1) is 0 Å². The summed E-state index contributed by atoms with van der Waals surface area (Å²) in [5, 5.41) is 4.43. The normalized spacial score (nSPS) is 23.5. The van der Waals surface area contributed by atoms with Gasteiger partial charge in [0.15, 0.2) is 0 Å². The Balaban J connectivity index is 2.06. The molecule has 2 rings (SSSR count). The number of benzene rings is 1. The lowest BCUT2D eigenvalue weighted by molar-refractivity contribution is 0.353. The Bertz CT molecular complexity index is 448. The van der Waals surface area contributed by atoms with Gasteiger partial charge in [0.05, 0.1) is 5.02 Å². The van der Waals surface area contributed by atoms with E-state index in [4.69, 9.17) is 17.3 Å². The molecule has 1 saturated carbocycles. The van der Waals surface area contributed by atoms with Crippen molar-refractivity contribution in [1.29, 1.82) is 0 Å². The molecule has 4 heteroatoms. The van der Waals surface area contributed by atoms with Crippen LogP contribution < -0.4 is 11.1 Å². The summed E-state index contributed by atoms with van der Waals surface area (Å²) in [4.78, 5) is 0. The molecule has 19 heavy (non-hydrogen) atoms. The molecule has 1 fully saturated rings. The van der Waals surface area contributed by atoms with Crippen molar-refractivity contribution in [2.24, 2.45) is 11.1 Å². The lowest BCUT2D eigenvalue weighted by Crippen LogP contribution is -2.35. The van der Waals surface area contributed by atoms with E-state index in [1.165, 1.54) is 24.8 Å². The van der Waals surface area contributed by atoms with E-state index in [2.05, 4.69) is 41.2 Å². The molecule has 3 N–H and O–H groups in total. The fraction of sp³-hybridized carbons (Fsp3) is 0.600. The summed E-state index contributed by atoms with van der Waals surface area (Å²) in [6, 6.07) is 6.81. The summed E-state index contributed by atoms with van der Waals surface area (Å²) in [6.07, 6.45) is 3.73. The quantitative estimate of drug-likeness (QED) is 0.855. The lowest BCUT2D eigenvalue weighted by Gasteiger charge is -2.24. The van der Waals surface area contributed by atoms with Crippen molar-refractivity contribution in [3.8, 4) is 0 Å². The molecule has 0 saturated heterocycles. The Labute approximate surface area is 129 Å². The van der Waals surface area contributed by atoms with Gasteiger partial charge in [0.25, 0.3) is 0 Å². The van der Waals surface area contributed by atoms with Crippen molar-refractivity contribution in [1.82, 2.24) is 5.32 Å². The number of rotatable bonds is 4. The summed E-state index contributed by atoms with van der Waals surface area (Å²) >= 11 is 9.58. The molecule has 2 atom stereocenters. The molecule has 0 radical (unpaired) electrons. The van der Waals surface area contributed by atoms with Gasteiger partial charge in [0.2, 0.25) is 0 Å². The van der Waals surface area contributed by atoms with Crippen molar-refractivity contribution in [3.05, 3.63) is 33.3 Å². The fourth-order valence-corrected chi connectivity index (χ4v) is 3.33. The van der Waals surface area contributed by atoms with Crippen molar-refractivity contribution in [2.75, 3.05) is 6.54 Å². The average molecular weight is 346 g/mol. The maximum atomic E-state index is 6.16. The SMILES string of the molecule is CC1(C)CCC(NC(CN)c2ccc(Br)c(Cl)c2)C1. The molecule has 2 unspecified atom stereocenters. The van der Waals surface area contributed by atoms with Crippen LogP contribution in [0.1, 0.15) is 44.7 Å². The zero-order chi connectivity index (χ0) is 14.0. The summed E-state index contributed by atoms with van der Waals surface area (Å²) in [6.45, 7) is 5.26. The van der Waals surface area contributed by atoms with Crippen LogP contribution in [-0.4, -0.2) is 12.6 Å². The van der Waals surface area contributed by atoms with Crippen molar-refractivity contribution >= 4 is 27.5 Å². The van der Waals surface area contributed by atoms with Gasteiger partial charge in [0.1, 0.15) is 0 Å². The highest BCUT2D eigenvalue weighted by atomic mass is 79.9. The minimum atomic E-state index is 0.185. The van der Waals surface area contributed by atoms with E-state index >= 15 is 0 Å². The first kappa shape index (κ1) is 15.3. The summed E-state index contributed by atoms with van der Waals surface area (Å²) in [5.74, 6) is 0. The average Bonchev–Trinajstić information content (AvgIpc) is 2.69. The standard InChI is InChI=1S/C15H22BrClN2/c1-15(2)6-5-11(8-15)19-14(9-18)10-3-4-12(16)13(17)7-10/h3-4,7,11,14,19H,5-6,8-9,18H2,1-2H3. The monoisotopic (exact) mass is 344 g/mol. The predicted molar refractivity (Wildman–Crippen MR) is 85.5 cm³/mol. The summed E-state index contributed by atoms with van der Waals surface area (Å²) in [7, 11) is 0. The Morgan fingerprint density at radius 2 is 2.26 bits per heavy atom. The van der Waals surface area contributed by atoms with Crippen LogP contribution in [0.2, 0.25) is 5.02 Å². The first-order valence-corrected chi connectivity index (χ1v) is 7.99. The molecular formula is C15H22BrClN2. The topological polar surface area (TPSA) is 38.0 Å². The van der Waals surface area contributed by atoms with Gasteiger partial charge in [-0.2, -0.15) is 0 Å². The first-order chi connectivity index (χ1) is 8.91. The van der Waals surface area contributed by atoms with Crippen LogP contribution in [-0.2, 0) is 0 Å². The lowest BCUT2D eigenvalue weighted by atomic mass is 9.91. The molecule has 0 amide bonds. The molecular weight excluding hydrogens is 324 g/mol. The minimum absolute atomic E-state index is 0.185. The highest BCUT2D eigenvalue weighted by Crippen LogP contribution is 2.38. The zero-order valence-electron chi connectivity index (χ0n) is 11.5. The molecule has 0 aromatic heterocycles. The smallest absolute Gasteiger partial charge is 0.0551 e. The second-order valence-electron chi connectivity index (χ2n) is 6.23. The van der Waals surface area contributed by atoms with Crippen LogP contribution in [0.5, 0.6) is 0 Å². The number of nitrogens with two attached hydrogens (primary N) is 1. The van der Waals surface area contributed by atoms with E-state index in [0.717, 1.165) is 9.50 Å². The molecule has 0 heterocycles. The molecule has 2 nitrogen and oxygen atoms in total. The molecule has 0 spiro atoms. The highest BCUT2D eigenvalue weighted by molar-refractivity contribution is 9.10. The van der Waals surface area contributed by atoms with Crippen LogP contribution >= 0.6 is 27.5 Å². The van der Waals surface area contributed by atoms with Crippen LogP contribution in [0, 0.1) is 5.41 Å². The second-order valence-corrected chi connectivity index (χ2v) is 7.49. The Morgan fingerprint density at radius 3 is 2.79 bits per heavy atom. The van der Waals surface area contributed by atoms with Crippen LogP contribution in [0.15, 0.2) is 22.7 Å². The third-order valence-electron chi connectivity index (χ3n) is 3.99. The number of hydrogen-bond donors (Lipinski definition) is 2. The van der Waals surface area contributed by atoms with E-state index in [1.54, 1.807) is 0 Å². The van der Waals surface area contributed by atoms with E-state index in [-0.39, 0.29) is 6.04 Å². The van der Waals surface area contributed by atoms with E-state index in [9.17, 15) is 0 Å². The summed E-state index contributed by atoms with van der Waals surface area (Å²) < 4.78 is 0.927. The number of hydrogen-bond acceptors (Lipinski definition) is 2. The predicted octanol–water partition coefficient (Wildman–Crippen LogP) is 4.27. The van der Waals surface area contributed by atoms with Gasteiger partial charge in [0, 0.05) is 23.1 Å². The molecule has 106 valence electrons. The number of halogens is 2. The highest BCUT2D eigenvalue weighted by Gasteiger charge is 2.31. The van der Waals surface area contributed by atoms with Crippen LogP contribution in [0.25, 0.3) is 0 Å². The Kier molecular flexibility index (Phi) is 4.93. The van der Waals surface area contributed by atoms with Gasteiger partial charge < -0.3 is 11.1 Å². The second kappa shape index (κ2) is 6.13. The molecule has 0 aliphatic heterocycles. The van der Waals surface area contributed by atoms with Crippen LogP contribution in [0.3, 0.4) is 0 Å². The Morgan fingerprint density at radius 1 is 1.53 bits per heavy atom. The van der Waals surface area contributed by atoms with E-state index in [1.807, 2.05) is 12.1 Å². The number of nitrogens with one attached hydrogen (secondary N) is 1. The molecule has 1 aromatic carbocycles. The summed E-state index contributed by atoms with van der Waals surface area (Å²) in [5.41, 5.74) is 7.54. The van der Waals surface area contributed by atoms with Crippen LogP contribution in [0.4, 0.5) is 0 Å². The molecule has 1 aliphatic rings. The Hall–Kier alpha value is -0.0900. The third-order valence-corrected chi connectivity index (χ3v) is 5.22. The minimum Gasteiger partial charge on any atom is -0.329 e. The largest absolute Gasteiger partial charge is 0.329 e. The molecule has 1 aromatic rings. The van der Waals surface area contributed by atoms with Gasteiger partial charge in [-0.1, -0.05) is 31.5 Å². The fourth-order valence-electron chi connectivity index (χ4n) is 2.89. The van der Waals surface area contributed by atoms with Crippen molar-refractivity contribution < 1.29 is 0 Å². The maximum Gasteiger partial charge on any atom is 0.0551 e. The van der Waals surface area contributed by atoms with Gasteiger partial charge in [-0.05, 0) is 58.3 Å². The zero-order valence-corrected chi connectivity index (χ0v) is 13.9. The van der Waals surface area contributed by atoms with Gasteiger partial charge in [-0.3, -0.25) is 0 Å². The van der Waals surface area contributed by atoms with E-state index in [0.29, 0.717) is 18.0 Å². The van der Waals surface area contributed by atoms with Crippen molar-refractivity contribution in [3.63, 3.8) is 0 Å². The van der Waals surface area contributed by atoms with Crippen molar-refractivity contribution in [2.45, 2.75) is 45.2 Å². The molecule has 1 aliphatic carbocycles. The van der Waals surface area contributed by atoms with Gasteiger partial charge >= 0.3 is 0 Å². The maximum absolute atomic E-state index is 6.16. The molecule has 0 bridgehead atoms. The van der Waals surface area contributed by atoms with Gasteiger partial charge in [-0.25, -0.2) is 0 Å². The third kappa shape index (κ3) is 3.94. The van der Waals surface area contributed by atoms with E-state index < -0.39 is 0 Å². The first-order valence-electron chi connectivity index (χ1n) is 6.82.